The number of hydrogen-bond acceptors (Lipinski definition) is 6. The first kappa shape index (κ1) is 17.2. The van der Waals surface area contributed by atoms with Crippen molar-refractivity contribution < 1.29 is 9.53 Å². The van der Waals surface area contributed by atoms with Crippen molar-refractivity contribution in [3.8, 4) is 17.0 Å². The van der Waals surface area contributed by atoms with Crippen LogP contribution in [0.4, 0.5) is 5.82 Å². The van der Waals surface area contributed by atoms with Gasteiger partial charge in [-0.2, -0.15) is 0 Å². The summed E-state index contributed by atoms with van der Waals surface area (Å²) in [6.45, 7) is 3.08. The summed E-state index contributed by atoms with van der Waals surface area (Å²) in [6.07, 6.45) is 4.27. The topological polar surface area (TPSA) is 80.2 Å². The van der Waals surface area contributed by atoms with Crippen molar-refractivity contribution in [2.45, 2.75) is 19.4 Å². The Bertz CT molecular complexity index is 974. The Balaban J connectivity index is 1.64. The predicted octanol–water partition coefficient (Wildman–Crippen LogP) is 2.73. The Kier molecular flexibility index (Phi) is 4.58. The molecule has 0 saturated carbocycles. The molecule has 1 saturated heterocycles. The number of ether oxygens (including phenoxy) is 1. The highest BCUT2D eigenvalue weighted by Gasteiger charge is 2.24. The molecular formula is C20H21N5O2. The van der Waals surface area contributed by atoms with Gasteiger partial charge in [0.05, 0.1) is 12.6 Å². The molecule has 0 radical (unpaired) electrons. The normalized spacial score (nSPS) is 16.5. The minimum absolute atomic E-state index is 0.112. The molecule has 1 atom stereocenters. The highest BCUT2D eigenvalue weighted by atomic mass is 16.5. The predicted molar refractivity (Wildman–Crippen MR) is 104 cm³/mol. The van der Waals surface area contributed by atoms with Crippen molar-refractivity contribution >= 4 is 22.6 Å². The van der Waals surface area contributed by atoms with E-state index in [1.807, 2.05) is 29.2 Å². The van der Waals surface area contributed by atoms with E-state index in [0.717, 1.165) is 40.8 Å². The van der Waals surface area contributed by atoms with Crippen LogP contribution in [0, 0.1) is 0 Å². The van der Waals surface area contributed by atoms with Crippen LogP contribution >= 0.6 is 0 Å². The van der Waals surface area contributed by atoms with E-state index in [2.05, 4.69) is 26.3 Å². The largest absolute Gasteiger partial charge is 0.481 e. The van der Waals surface area contributed by atoms with Crippen LogP contribution in [0.2, 0.25) is 0 Å². The summed E-state index contributed by atoms with van der Waals surface area (Å²) in [5, 5.41) is 4.44. The molecule has 2 aromatic heterocycles. The maximum absolute atomic E-state index is 11.6. The van der Waals surface area contributed by atoms with Gasteiger partial charge in [-0.3, -0.25) is 4.79 Å². The molecule has 1 fully saturated rings. The molecular weight excluding hydrogens is 342 g/mol. The smallest absolute Gasteiger partial charge is 0.219 e. The second kappa shape index (κ2) is 7.19. The summed E-state index contributed by atoms with van der Waals surface area (Å²) in [6, 6.07) is 10.1. The van der Waals surface area contributed by atoms with E-state index in [9.17, 15) is 4.79 Å². The molecule has 27 heavy (non-hydrogen) atoms. The van der Waals surface area contributed by atoms with Crippen molar-refractivity contribution in [1.82, 2.24) is 19.9 Å². The van der Waals surface area contributed by atoms with E-state index in [0.29, 0.717) is 12.4 Å². The molecule has 1 aliphatic heterocycles. The molecule has 1 N–H and O–H groups in total. The Morgan fingerprint density at radius 3 is 2.74 bits per heavy atom. The average molecular weight is 363 g/mol. The maximum atomic E-state index is 11.6. The van der Waals surface area contributed by atoms with Gasteiger partial charge >= 0.3 is 0 Å². The average Bonchev–Trinajstić information content (AvgIpc) is 3.17. The number of anilines is 1. The van der Waals surface area contributed by atoms with Gasteiger partial charge in [0.2, 0.25) is 11.8 Å². The van der Waals surface area contributed by atoms with E-state index >= 15 is 0 Å². The molecule has 1 amide bonds. The zero-order chi connectivity index (χ0) is 18.8. The van der Waals surface area contributed by atoms with Crippen molar-refractivity contribution in [3.63, 3.8) is 0 Å². The van der Waals surface area contributed by atoms with E-state index in [-0.39, 0.29) is 11.9 Å². The fraction of sp³-hybridized carbons (Fsp3) is 0.300. The molecule has 0 aliphatic carbocycles. The second-order valence-corrected chi connectivity index (χ2v) is 6.64. The van der Waals surface area contributed by atoms with Gasteiger partial charge in [0.15, 0.2) is 0 Å². The SMILES string of the molecule is COc1ccc(-c2ccc3ncnc(N[C@H]4CCN(C(C)=O)C4)c3c2)cn1. The Morgan fingerprint density at radius 1 is 1.19 bits per heavy atom. The number of benzene rings is 1. The molecule has 3 heterocycles. The molecule has 7 heteroatoms. The lowest BCUT2D eigenvalue weighted by atomic mass is 10.0. The maximum Gasteiger partial charge on any atom is 0.219 e. The Morgan fingerprint density at radius 2 is 2.04 bits per heavy atom. The number of fused-ring (bicyclic) bond motifs is 1. The number of carbonyl (C=O) groups excluding carboxylic acids is 1. The van der Waals surface area contributed by atoms with Gasteiger partial charge in [0.1, 0.15) is 12.1 Å². The lowest BCUT2D eigenvalue weighted by Crippen LogP contribution is -2.29. The summed E-state index contributed by atoms with van der Waals surface area (Å²) in [4.78, 5) is 26.5. The van der Waals surface area contributed by atoms with Gasteiger partial charge in [-0.1, -0.05) is 6.07 Å². The van der Waals surface area contributed by atoms with Crippen LogP contribution in [0.25, 0.3) is 22.0 Å². The van der Waals surface area contributed by atoms with Crippen molar-refractivity contribution in [3.05, 3.63) is 42.9 Å². The van der Waals surface area contributed by atoms with Crippen LogP contribution in [-0.2, 0) is 4.79 Å². The first-order chi connectivity index (χ1) is 13.1. The minimum atomic E-state index is 0.112. The third kappa shape index (κ3) is 3.53. The molecule has 4 rings (SSSR count). The number of pyridine rings is 1. The van der Waals surface area contributed by atoms with Gasteiger partial charge in [-0.25, -0.2) is 15.0 Å². The third-order valence-electron chi connectivity index (χ3n) is 4.89. The van der Waals surface area contributed by atoms with Crippen LogP contribution in [-0.4, -0.2) is 52.0 Å². The first-order valence-corrected chi connectivity index (χ1v) is 8.91. The van der Waals surface area contributed by atoms with Crippen LogP contribution in [0.5, 0.6) is 5.88 Å². The number of carbonyl (C=O) groups is 1. The zero-order valence-electron chi connectivity index (χ0n) is 15.3. The highest BCUT2D eigenvalue weighted by Crippen LogP contribution is 2.28. The van der Waals surface area contributed by atoms with Crippen molar-refractivity contribution in [2.24, 2.45) is 0 Å². The standard InChI is InChI=1S/C20H21N5O2/c1-13(26)25-8-7-16(11-25)24-20-17-9-14(3-5-18(17)22-12-23-20)15-4-6-19(27-2)21-10-15/h3-6,9-10,12,16H,7-8,11H2,1-2H3,(H,22,23,24)/t16-/m0/s1. The van der Waals surface area contributed by atoms with Crippen LogP contribution in [0.1, 0.15) is 13.3 Å². The number of nitrogens with zero attached hydrogens (tertiary/aromatic N) is 4. The number of likely N-dealkylation sites (tertiary alicyclic amines) is 1. The summed E-state index contributed by atoms with van der Waals surface area (Å²) < 4.78 is 5.13. The lowest BCUT2D eigenvalue weighted by Gasteiger charge is -2.16. The van der Waals surface area contributed by atoms with Crippen LogP contribution in [0.3, 0.4) is 0 Å². The highest BCUT2D eigenvalue weighted by molar-refractivity contribution is 5.92. The number of aromatic nitrogens is 3. The number of nitrogens with one attached hydrogen (secondary N) is 1. The molecule has 3 aromatic rings. The molecule has 0 spiro atoms. The minimum Gasteiger partial charge on any atom is -0.481 e. The molecule has 1 aliphatic rings. The molecule has 1 aromatic carbocycles. The number of methoxy groups -OCH3 is 1. The quantitative estimate of drug-likeness (QED) is 0.768. The van der Waals surface area contributed by atoms with E-state index in [4.69, 9.17) is 4.74 Å². The van der Waals surface area contributed by atoms with Gasteiger partial charge in [0, 0.05) is 49.3 Å². The lowest BCUT2D eigenvalue weighted by molar-refractivity contribution is -0.127. The fourth-order valence-corrected chi connectivity index (χ4v) is 3.38. The first-order valence-electron chi connectivity index (χ1n) is 8.91. The van der Waals surface area contributed by atoms with Gasteiger partial charge in [-0.05, 0) is 30.2 Å². The summed E-state index contributed by atoms with van der Waals surface area (Å²) in [7, 11) is 1.60. The molecule has 0 unspecified atom stereocenters. The summed E-state index contributed by atoms with van der Waals surface area (Å²) in [5.41, 5.74) is 2.91. The Labute approximate surface area is 157 Å². The van der Waals surface area contributed by atoms with E-state index in [1.165, 1.54) is 0 Å². The van der Waals surface area contributed by atoms with E-state index in [1.54, 1.807) is 26.6 Å². The monoisotopic (exact) mass is 363 g/mol. The number of rotatable bonds is 4. The number of amides is 1. The third-order valence-corrected chi connectivity index (χ3v) is 4.89. The van der Waals surface area contributed by atoms with Crippen LogP contribution < -0.4 is 10.1 Å². The van der Waals surface area contributed by atoms with Crippen molar-refractivity contribution in [2.75, 3.05) is 25.5 Å². The summed E-state index contributed by atoms with van der Waals surface area (Å²) >= 11 is 0. The van der Waals surface area contributed by atoms with Gasteiger partial charge in [-0.15, -0.1) is 0 Å². The van der Waals surface area contributed by atoms with Crippen molar-refractivity contribution in [1.29, 1.82) is 0 Å². The molecule has 138 valence electrons. The number of hydrogen-bond donors (Lipinski definition) is 1. The van der Waals surface area contributed by atoms with Crippen LogP contribution in [0.15, 0.2) is 42.9 Å². The van der Waals surface area contributed by atoms with E-state index < -0.39 is 0 Å². The fourth-order valence-electron chi connectivity index (χ4n) is 3.38. The zero-order valence-corrected chi connectivity index (χ0v) is 15.3. The summed E-state index contributed by atoms with van der Waals surface area (Å²) in [5.74, 6) is 1.49. The van der Waals surface area contributed by atoms with Gasteiger partial charge < -0.3 is 15.0 Å². The molecule has 7 nitrogen and oxygen atoms in total. The molecule has 0 bridgehead atoms. The van der Waals surface area contributed by atoms with Gasteiger partial charge in [0.25, 0.3) is 0 Å². The second-order valence-electron chi connectivity index (χ2n) is 6.64. The Hall–Kier alpha value is -3.22.